The largest absolute Gasteiger partial charge is 0.368 e. The van der Waals surface area contributed by atoms with Gasteiger partial charge in [-0.2, -0.15) is 0 Å². The summed E-state index contributed by atoms with van der Waals surface area (Å²) >= 11 is 0. The van der Waals surface area contributed by atoms with Crippen molar-refractivity contribution in [3.63, 3.8) is 0 Å². The summed E-state index contributed by atoms with van der Waals surface area (Å²) in [5.74, 6) is -0.581. The summed E-state index contributed by atoms with van der Waals surface area (Å²) in [6, 6.07) is -0.0700. The first-order valence-electron chi connectivity index (χ1n) is 4.95. The third-order valence-electron chi connectivity index (χ3n) is 2.51. The number of primary amides is 1. The number of hydrogen-bond donors (Lipinski definition) is 2. The molecule has 1 atom stereocenters. The highest BCUT2D eigenvalue weighted by atomic mass is 16.2. The van der Waals surface area contributed by atoms with E-state index < -0.39 is 5.91 Å². The van der Waals surface area contributed by atoms with Crippen LogP contribution in [-0.4, -0.2) is 42.4 Å². The lowest BCUT2D eigenvalue weighted by molar-refractivity contribution is -0.128. The van der Waals surface area contributed by atoms with E-state index in [9.17, 15) is 9.59 Å². The van der Waals surface area contributed by atoms with Gasteiger partial charge in [-0.05, 0) is 25.9 Å². The van der Waals surface area contributed by atoms with Crippen molar-refractivity contribution in [3.05, 3.63) is 0 Å². The summed E-state index contributed by atoms with van der Waals surface area (Å²) in [5.41, 5.74) is 4.94. The zero-order valence-corrected chi connectivity index (χ0v) is 8.45. The molecule has 1 aliphatic heterocycles. The molecule has 5 nitrogen and oxygen atoms in total. The Bertz CT molecular complexity index is 230. The van der Waals surface area contributed by atoms with Crippen LogP contribution in [0.3, 0.4) is 0 Å². The molecule has 0 saturated carbocycles. The van der Waals surface area contributed by atoms with Gasteiger partial charge in [0.1, 0.15) is 0 Å². The van der Waals surface area contributed by atoms with Gasteiger partial charge in [-0.1, -0.05) is 6.92 Å². The number of amides is 2. The predicted molar refractivity (Wildman–Crippen MR) is 52.5 cm³/mol. The molecule has 0 unspecified atom stereocenters. The Labute approximate surface area is 83.6 Å². The van der Waals surface area contributed by atoms with Gasteiger partial charge in [0.05, 0.1) is 12.6 Å². The first-order chi connectivity index (χ1) is 6.65. The number of nitrogens with one attached hydrogen (secondary N) is 1. The zero-order valence-electron chi connectivity index (χ0n) is 8.45. The van der Waals surface area contributed by atoms with Crippen molar-refractivity contribution in [3.8, 4) is 0 Å². The van der Waals surface area contributed by atoms with Crippen LogP contribution in [0.4, 0.5) is 0 Å². The van der Waals surface area contributed by atoms with Crippen LogP contribution in [0, 0.1) is 0 Å². The fourth-order valence-electron chi connectivity index (χ4n) is 1.79. The lowest BCUT2D eigenvalue weighted by atomic mass is 10.2. The second-order valence-corrected chi connectivity index (χ2v) is 3.47. The van der Waals surface area contributed by atoms with Crippen LogP contribution < -0.4 is 11.1 Å². The van der Waals surface area contributed by atoms with Crippen molar-refractivity contribution < 1.29 is 9.59 Å². The topological polar surface area (TPSA) is 75.4 Å². The Morgan fingerprint density at radius 3 is 2.86 bits per heavy atom. The molecule has 0 aromatic carbocycles. The highest BCUT2D eigenvalue weighted by molar-refractivity contribution is 5.86. The van der Waals surface area contributed by atoms with Crippen molar-refractivity contribution in [1.29, 1.82) is 0 Å². The van der Waals surface area contributed by atoms with Gasteiger partial charge in [-0.25, -0.2) is 0 Å². The molecule has 0 radical (unpaired) electrons. The minimum absolute atomic E-state index is 0.0626. The summed E-state index contributed by atoms with van der Waals surface area (Å²) in [6.07, 6.45) is 1.92. The molecule has 1 fully saturated rings. The van der Waals surface area contributed by atoms with Crippen LogP contribution in [-0.2, 0) is 9.59 Å². The van der Waals surface area contributed by atoms with Crippen molar-refractivity contribution in [2.24, 2.45) is 5.73 Å². The molecule has 0 aromatic rings. The molecule has 0 aromatic heterocycles. The molecule has 1 saturated heterocycles. The maximum absolute atomic E-state index is 11.6. The molecule has 14 heavy (non-hydrogen) atoms. The van der Waals surface area contributed by atoms with Crippen molar-refractivity contribution in [2.45, 2.75) is 25.8 Å². The van der Waals surface area contributed by atoms with Crippen molar-refractivity contribution in [2.75, 3.05) is 19.6 Å². The molecule has 1 rings (SSSR count). The normalized spacial score (nSPS) is 22.2. The number of likely N-dealkylation sites (N-methyl/N-ethyl adjacent to an activating group) is 1. The van der Waals surface area contributed by atoms with Crippen LogP contribution in [0.2, 0.25) is 0 Å². The highest BCUT2D eigenvalue weighted by Crippen LogP contribution is 2.16. The lowest BCUT2D eigenvalue weighted by Gasteiger charge is -2.21. The standard InChI is InChI=1S/C9H17N3O2/c1-2-12-5-3-4-7(12)9(14)11-6-8(10)13/h7H,2-6H2,1H3,(H2,10,13)(H,11,14)/t7-/m0/s1. The molecular weight excluding hydrogens is 182 g/mol. The molecule has 5 heteroatoms. The Morgan fingerprint density at radius 2 is 2.29 bits per heavy atom. The maximum Gasteiger partial charge on any atom is 0.237 e. The van der Waals surface area contributed by atoms with Gasteiger partial charge >= 0.3 is 0 Å². The predicted octanol–water partition coefficient (Wildman–Crippen LogP) is -0.928. The monoisotopic (exact) mass is 199 g/mol. The molecule has 0 bridgehead atoms. The third-order valence-corrected chi connectivity index (χ3v) is 2.51. The van der Waals surface area contributed by atoms with Gasteiger partial charge in [0.25, 0.3) is 0 Å². The Balaban J connectivity index is 2.39. The number of nitrogens with zero attached hydrogens (tertiary/aromatic N) is 1. The summed E-state index contributed by atoms with van der Waals surface area (Å²) in [6.45, 7) is 3.80. The van der Waals surface area contributed by atoms with E-state index in [0.717, 1.165) is 25.9 Å². The van der Waals surface area contributed by atoms with Gasteiger partial charge in [0.2, 0.25) is 11.8 Å². The molecule has 0 spiro atoms. The first-order valence-corrected chi connectivity index (χ1v) is 4.95. The smallest absolute Gasteiger partial charge is 0.237 e. The van der Waals surface area contributed by atoms with E-state index in [1.54, 1.807) is 0 Å². The summed E-state index contributed by atoms with van der Waals surface area (Å²) in [4.78, 5) is 24.1. The summed E-state index contributed by atoms with van der Waals surface area (Å²) < 4.78 is 0. The molecular formula is C9H17N3O2. The number of nitrogens with two attached hydrogens (primary N) is 1. The molecule has 2 amide bonds. The van der Waals surface area contributed by atoms with Crippen LogP contribution in [0.25, 0.3) is 0 Å². The summed E-state index contributed by atoms with van der Waals surface area (Å²) in [7, 11) is 0. The number of carbonyl (C=O) groups is 2. The van der Waals surface area contributed by atoms with Crippen LogP contribution in [0.5, 0.6) is 0 Å². The van der Waals surface area contributed by atoms with E-state index in [4.69, 9.17) is 5.73 Å². The third kappa shape index (κ3) is 2.70. The quantitative estimate of drug-likeness (QED) is 0.614. The molecule has 1 aliphatic rings. The minimum atomic E-state index is -0.501. The second kappa shape index (κ2) is 4.95. The fraction of sp³-hybridized carbons (Fsp3) is 0.778. The number of carbonyl (C=O) groups excluding carboxylic acids is 2. The molecule has 1 heterocycles. The van der Waals surface area contributed by atoms with Crippen molar-refractivity contribution >= 4 is 11.8 Å². The highest BCUT2D eigenvalue weighted by Gasteiger charge is 2.29. The van der Waals surface area contributed by atoms with E-state index in [1.165, 1.54) is 0 Å². The van der Waals surface area contributed by atoms with Gasteiger partial charge in [0.15, 0.2) is 0 Å². The van der Waals surface area contributed by atoms with Gasteiger partial charge in [0, 0.05) is 0 Å². The molecule has 80 valence electrons. The SMILES string of the molecule is CCN1CCC[C@H]1C(=O)NCC(N)=O. The second-order valence-electron chi connectivity index (χ2n) is 3.47. The first kappa shape index (κ1) is 11.0. The number of rotatable bonds is 4. The summed E-state index contributed by atoms with van der Waals surface area (Å²) in [5, 5.41) is 2.53. The average Bonchev–Trinajstić information content (AvgIpc) is 2.61. The Morgan fingerprint density at radius 1 is 1.57 bits per heavy atom. The van der Waals surface area contributed by atoms with E-state index in [0.29, 0.717) is 0 Å². The van der Waals surface area contributed by atoms with Crippen LogP contribution in [0.15, 0.2) is 0 Å². The lowest BCUT2D eigenvalue weighted by Crippen LogP contribution is -2.45. The fourth-order valence-corrected chi connectivity index (χ4v) is 1.79. The maximum atomic E-state index is 11.6. The van der Waals surface area contributed by atoms with Gasteiger partial charge in [-0.15, -0.1) is 0 Å². The number of hydrogen-bond acceptors (Lipinski definition) is 3. The van der Waals surface area contributed by atoms with E-state index in [-0.39, 0.29) is 18.5 Å². The Kier molecular flexibility index (Phi) is 3.88. The van der Waals surface area contributed by atoms with Crippen molar-refractivity contribution in [1.82, 2.24) is 10.2 Å². The molecule has 0 aliphatic carbocycles. The van der Waals surface area contributed by atoms with Crippen LogP contribution >= 0.6 is 0 Å². The van der Waals surface area contributed by atoms with Gasteiger partial charge < -0.3 is 11.1 Å². The number of likely N-dealkylation sites (tertiary alicyclic amines) is 1. The van der Waals surface area contributed by atoms with E-state index >= 15 is 0 Å². The van der Waals surface area contributed by atoms with E-state index in [1.807, 2.05) is 6.92 Å². The van der Waals surface area contributed by atoms with E-state index in [2.05, 4.69) is 10.2 Å². The zero-order chi connectivity index (χ0) is 10.6. The molecule has 3 N–H and O–H groups in total. The minimum Gasteiger partial charge on any atom is -0.368 e. The van der Waals surface area contributed by atoms with Gasteiger partial charge in [-0.3, -0.25) is 14.5 Å². The van der Waals surface area contributed by atoms with Crippen LogP contribution in [0.1, 0.15) is 19.8 Å². The Hall–Kier alpha value is -1.10. The average molecular weight is 199 g/mol.